The Bertz CT molecular complexity index is 427. The number of carbonyl (C=O) groups is 2. The molecule has 0 amide bonds. The molecule has 0 bridgehead atoms. The van der Waals surface area contributed by atoms with E-state index in [1.165, 1.54) is 0 Å². The zero-order chi connectivity index (χ0) is 14.7. The molecule has 0 aliphatic heterocycles. The molecule has 2 atom stereocenters. The van der Waals surface area contributed by atoms with Crippen molar-refractivity contribution >= 4 is 22.1 Å². The summed E-state index contributed by atoms with van der Waals surface area (Å²) < 4.78 is 75.4. The molecule has 0 aromatic heterocycles. The third-order valence-electron chi connectivity index (χ3n) is 1.86. The van der Waals surface area contributed by atoms with Gasteiger partial charge in [-0.3, -0.25) is 14.1 Å². The zero-order valence-corrected chi connectivity index (χ0v) is 9.91. The summed E-state index contributed by atoms with van der Waals surface area (Å²) in [5.74, 6) is -7.33. The van der Waals surface area contributed by atoms with Gasteiger partial charge in [0.05, 0.1) is 14.2 Å². The van der Waals surface area contributed by atoms with Crippen LogP contribution >= 0.6 is 0 Å². The second-order valence-corrected chi connectivity index (χ2v) is 4.54. The first-order chi connectivity index (χ1) is 7.96. The number of halogens is 3. The van der Waals surface area contributed by atoms with E-state index >= 15 is 0 Å². The lowest BCUT2D eigenvalue weighted by molar-refractivity contribution is -0.199. The molecule has 0 aliphatic rings. The smallest absolute Gasteiger partial charge is 0.404 e. The van der Waals surface area contributed by atoms with Gasteiger partial charge in [0.2, 0.25) is 5.25 Å². The molecular formula is C7H9F3O7S. The second-order valence-electron chi connectivity index (χ2n) is 3.00. The van der Waals surface area contributed by atoms with E-state index in [2.05, 4.69) is 9.47 Å². The van der Waals surface area contributed by atoms with Crippen LogP contribution in [0.2, 0.25) is 0 Å². The van der Waals surface area contributed by atoms with Gasteiger partial charge in [-0.15, -0.1) is 0 Å². The highest BCUT2D eigenvalue weighted by molar-refractivity contribution is 7.87. The lowest BCUT2D eigenvalue weighted by Crippen LogP contribution is -2.49. The highest BCUT2D eigenvalue weighted by Gasteiger charge is 2.58. The number of esters is 2. The van der Waals surface area contributed by atoms with Crippen LogP contribution in [0.4, 0.5) is 13.2 Å². The Kier molecular flexibility index (Phi) is 5.10. The topological polar surface area (TPSA) is 107 Å². The van der Waals surface area contributed by atoms with E-state index in [0.29, 0.717) is 14.2 Å². The van der Waals surface area contributed by atoms with Gasteiger partial charge in [-0.25, -0.2) is 0 Å². The van der Waals surface area contributed by atoms with Crippen LogP contribution in [0.3, 0.4) is 0 Å². The summed E-state index contributed by atoms with van der Waals surface area (Å²) in [6.45, 7) is 0. The number of alkyl halides is 3. The van der Waals surface area contributed by atoms with Gasteiger partial charge < -0.3 is 9.47 Å². The van der Waals surface area contributed by atoms with Crippen molar-refractivity contribution in [3.05, 3.63) is 0 Å². The molecule has 0 rings (SSSR count). The molecule has 7 nitrogen and oxygen atoms in total. The fourth-order valence-corrected chi connectivity index (χ4v) is 2.05. The largest absolute Gasteiger partial charge is 0.469 e. The second kappa shape index (κ2) is 5.52. The lowest BCUT2D eigenvalue weighted by atomic mass is 10.1. The highest BCUT2D eigenvalue weighted by atomic mass is 32.2. The number of ether oxygens (including phenoxy) is 2. The minimum Gasteiger partial charge on any atom is -0.469 e. The molecule has 11 heteroatoms. The first-order valence-corrected chi connectivity index (χ1v) is 5.65. The Labute approximate surface area is 99.6 Å². The Morgan fingerprint density at radius 3 is 1.72 bits per heavy atom. The zero-order valence-electron chi connectivity index (χ0n) is 9.09. The number of carbonyl (C=O) groups excluding carboxylic acids is 2. The van der Waals surface area contributed by atoms with E-state index in [0.717, 1.165) is 0 Å². The molecule has 0 aliphatic carbocycles. The van der Waals surface area contributed by atoms with Crippen molar-refractivity contribution in [2.45, 2.75) is 11.4 Å². The molecule has 0 aromatic carbocycles. The van der Waals surface area contributed by atoms with Crippen molar-refractivity contribution in [1.82, 2.24) is 0 Å². The van der Waals surface area contributed by atoms with Crippen LogP contribution in [-0.2, 0) is 29.2 Å². The van der Waals surface area contributed by atoms with Crippen LogP contribution in [0.15, 0.2) is 0 Å². The number of rotatable bonds is 4. The predicted molar refractivity (Wildman–Crippen MR) is 48.9 cm³/mol. The van der Waals surface area contributed by atoms with Crippen molar-refractivity contribution in [3.63, 3.8) is 0 Å². The van der Waals surface area contributed by atoms with E-state index in [1.807, 2.05) is 0 Å². The quantitative estimate of drug-likeness (QED) is 0.563. The van der Waals surface area contributed by atoms with Gasteiger partial charge in [-0.05, 0) is 0 Å². The number of methoxy groups -OCH3 is 2. The summed E-state index contributed by atoms with van der Waals surface area (Å²) in [5, 5.41) is -3.13. The van der Waals surface area contributed by atoms with Crippen molar-refractivity contribution in [1.29, 1.82) is 0 Å². The van der Waals surface area contributed by atoms with Crippen LogP contribution < -0.4 is 0 Å². The first kappa shape index (κ1) is 16.6. The van der Waals surface area contributed by atoms with Gasteiger partial charge in [0, 0.05) is 0 Å². The highest BCUT2D eigenvalue weighted by Crippen LogP contribution is 2.33. The number of hydrogen-bond donors (Lipinski definition) is 1. The van der Waals surface area contributed by atoms with E-state index in [4.69, 9.17) is 4.55 Å². The average molecular weight is 294 g/mol. The minimum absolute atomic E-state index is 0.569. The van der Waals surface area contributed by atoms with Crippen LogP contribution in [0.5, 0.6) is 0 Å². The van der Waals surface area contributed by atoms with Crippen LogP contribution in [0.1, 0.15) is 0 Å². The summed E-state index contributed by atoms with van der Waals surface area (Å²) in [7, 11) is -4.34. The molecule has 2 unspecified atom stereocenters. The molecule has 0 aromatic rings. The Morgan fingerprint density at radius 2 is 1.50 bits per heavy atom. The maximum absolute atomic E-state index is 12.6. The normalized spacial score (nSPS) is 15.7. The maximum Gasteiger partial charge on any atom is 0.404 e. The standard InChI is InChI=1S/C7H9F3O7S/c1-16-5(11)3(7(8,9)10)4(6(12)17-2)18(13,14)15/h3-4H,1-2H3,(H,13,14,15). The third-order valence-corrected chi connectivity index (χ3v) is 2.97. The third kappa shape index (κ3) is 3.84. The van der Waals surface area contributed by atoms with Gasteiger partial charge in [0.15, 0.2) is 5.92 Å². The van der Waals surface area contributed by atoms with Gasteiger partial charge in [0.1, 0.15) is 0 Å². The fourth-order valence-electron chi connectivity index (χ4n) is 1.10. The minimum atomic E-state index is -5.51. The first-order valence-electron chi connectivity index (χ1n) is 4.15. The summed E-state index contributed by atoms with van der Waals surface area (Å²) in [4.78, 5) is 21.9. The van der Waals surface area contributed by atoms with Crippen molar-refractivity contribution in [2.24, 2.45) is 5.92 Å². The van der Waals surface area contributed by atoms with Crippen molar-refractivity contribution in [3.8, 4) is 0 Å². The Morgan fingerprint density at radius 1 is 1.11 bits per heavy atom. The lowest BCUT2D eigenvalue weighted by Gasteiger charge is -2.22. The molecule has 0 heterocycles. The molecular weight excluding hydrogens is 285 g/mol. The molecule has 18 heavy (non-hydrogen) atoms. The molecule has 0 radical (unpaired) electrons. The Balaban J connectivity index is 5.81. The van der Waals surface area contributed by atoms with Crippen LogP contribution in [0, 0.1) is 5.92 Å². The summed E-state index contributed by atoms with van der Waals surface area (Å²) in [6, 6.07) is 0. The van der Waals surface area contributed by atoms with Gasteiger partial charge >= 0.3 is 18.1 Å². The summed E-state index contributed by atoms with van der Waals surface area (Å²) in [6.07, 6.45) is -5.41. The van der Waals surface area contributed by atoms with Gasteiger partial charge in [-0.2, -0.15) is 21.6 Å². The SMILES string of the molecule is COC(=O)C(C(C(=O)OC)S(=O)(=O)O)C(F)(F)F. The van der Waals surface area contributed by atoms with Crippen molar-refractivity contribution < 1.29 is 45.2 Å². The maximum atomic E-state index is 12.6. The van der Waals surface area contributed by atoms with Gasteiger partial charge in [0.25, 0.3) is 10.1 Å². The molecule has 1 N–H and O–H groups in total. The van der Waals surface area contributed by atoms with Crippen LogP contribution in [0.25, 0.3) is 0 Å². The summed E-state index contributed by atoms with van der Waals surface area (Å²) >= 11 is 0. The molecule has 0 saturated carbocycles. The number of hydrogen-bond acceptors (Lipinski definition) is 6. The molecule has 0 fully saturated rings. The van der Waals surface area contributed by atoms with Crippen LogP contribution in [-0.4, -0.2) is 50.6 Å². The molecule has 0 saturated heterocycles. The Hall–Kier alpha value is -1.36. The van der Waals surface area contributed by atoms with Gasteiger partial charge in [-0.1, -0.05) is 0 Å². The van der Waals surface area contributed by atoms with E-state index in [9.17, 15) is 31.2 Å². The molecule has 0 spiro atoms. The predicted octanol–water partition coefficient (Wildman–Crippen LogP) is -0.233. The monoisotopic (exact) mass is 294 g/mol. The van der Waals surface area contributed by atoms with E-state index in [1.54, 1.807) is 0 Å². The fraction of sp³-hybridized carbons (Fsp3) is 0.714. The van der Waals surface area contributed by atoms with E-state index in [-0.39, 0.29) is 0 Å². The summed E-state index contributed by atoms with van der Waals surface area (Å²) in [5.41, 5.74) is 0. The average Bonchev–Trinajstić information content (AvgIpc) is 2.20. The van der Waals surface area contributed by atoms with Crippen molar-refractivity contribution in [2.75, 3.05) is 14.2 Å². The van der Waals surface area contributed by atoms with E-state index < -0.39 is 39.4 Å². The molecule has 106 valence electrons.